The number of nitrogens with one attached hydrogen (secondary N) is 2. The number of likely N-dealkylation sites (N-methyl/N-ethyl adjacent to an activating group) is 1. The first kappa shape index (κ1) is 29.8. The molecule has 0 unspecified atom stereocenters. The number of anilines is 2. The van der Waals surface area contributed by atoms with Crippen LogP contribution < -0.4 is 16.4 Å². The highest BCUT2D eigenvalue weighted by molar-refractivity contribution is 6.05. The number of halogens is 3. The fourth-order valence-corrected chi connectivity index (χ4v) is 5.73. The van der Waals surface area contributed by atoms with E-state index in [0.717, 1.165) is 65.8 Å². The number of allylic oxidation sites excluding steroid dienone is 2. The second kappa shape index (κ2) is 12.0. The molecule has 4 N–H and O–H groups in total. The van der Waals surface area contributed by atoms with E-state index in [1.807, 2.05) is 37.1 Å². The molecule has 2 amide bonds. The topological polar surface area (TPSA) is 98.9 Å². The zero-order chi connectivity index (χ0) is 31.0. The first-order chi connectivity index (χ1) is 21.0. The van der Waals surface area contributed by atoms with Gasteiger partial charge in [0.2, 0.25) is 0 Å². The number of carbonyl (C=O) groups excluding carboxylic acids is 1. The SMILES string of the molecule is CC1=CCc2nc(C3CC3)cc(-c3ccc(NC(=O)Nc4ccc(CN5CCN(C)CC5)c(C(F)(F)F)c4)cc3)c2C(N)=N1. The van der Waals surface area contributed by atoms with Gasteiger partial charge in [0, 0.05) is 73.4 Å². The van der Waals surface area contributed by atoms with Gasteiger partial charge in [0.15, 0.2) is 0 Å². The summed E-state index contributed by atoms with van der Waals surface area (Å²) in [6.45, 7) is 5.16. The molecule has 6 rings (SSSR count). The molecule has 1 aromatic heterocycles. The minimum atomic E-state index is -4.54. The standard InChI is InChI=1S/C33H36F3N7O/c1-20-3-12-28-30(31(37)38-20)26(18-29(41-28)22-4-5-22)21-6-9-24(10-7-21)39-32(44)40-25-11-8-23(27(17-25)33(34,35)36)19-43-15-13-42(2)14-16-43/h3,6-11,17-18,22H,4-5,12-16,19H2,1-2H3,(H2,37,38)(H2,39,40,44). The number of alkyl halides is 3. The summed E-state index contributed by atoms with van der Waals surface area (Å²) in [7, 11) is 2.00. The minimum Gasteiger partial charge on any atom is -0.383 e. The van der Waals surface area contributed by atoms with Crippen molar-refractivity contribution in [3.05, 3.63) is 88.4 Å². The van der Waals surface area contributed by atoms with E-state index in [1.165, 1.54) is 12.1 Å². The van der Waals surface area contributed by atoms with Crippen LogP contribution in [0.3, 0.4) is 0 Å². The normalized spacial score (nSPS) is 17.8. The summed E-state index contributed by atoms with van der Waals surface area (Å²) >= 11 is 0. The molecule has 3 heterocycles. The average Bonchev–Trinajstić information content (AvgIpc) is 3.84. The number of urea groups is 1. The Morgan fingerprint density at radius 3 is 2.36 bits per heavy atom. The van der Waals surface area contributed by atoms with E-state index in [9.17, 15) is 18.0 Å². The zero-order valence-electron chi connectivity index (χ0n) is 24.8. The number of pyridine rings is 1. The molecule has 8 nitrogen and oxygen atoms in total. The average molecular weight is 604 g/mol. The maximum Gasteiger partial charge on any atom is 0.416 e. The Kier molecular flexibility index (Phi) is 8.17. The van der Waals surface area contributed by atoms with Crippen LogP contribution in [0, 0.1) is 0 Å². The van der Waals surface area contributed by atoms with Crippen LogP contribution in [0.1, 0.15) is 53.8 Å². The molecule has 2 aliphatic heterocycles. The van der Waals surface area contributed by atoms with Crippen LogP contribution >= 0.6 is 0 Å². The van der Waals surface area contributed by atoms with Gasteiger partial charge in [0.25, 0.3) is 0 Å². The molecular weight excluding hydrogens is 567 g/mol. The molecule has 44 heavy (non-hydrogen) atoms. The highest BCUT2D eigenvalue weighted by atomic mass is 19.4. The molecule has 230 valence electrons. The van der Waals surface area contributed by atoms with E-state index in [2.05, 4.69) is 26.6 Å². The van der Waals surface area contributed by atoms with Crippen LogP contribution in [0.15, 0.2) is 65.3 Å². The first-order valence-corrected chi connectivity index (χ1v) is 14.9. The largest absolute Gasteiger partial charge is 0.416 e. The molecule has 0 atom stereocenters. The number of nitrogens with zero attached hydrogens (tertiary/aromatic N) is 4. The van der Waals surface area contributed by atoms with E-state index < -0.39 is 17.8 Å². The number of aliphatic imine (C=N–C) groups is 1. The van der Waals surface area contributed by atoms with Gasteiger partial charge in [0.1, 0.15) is 5.84 Å². The van der Waals surface area contributed by atoms with Crippen molar-refractivity contribution in [1.82, 2.24) is 14.8 Å². The lowest BCUT2D eigenvalue weighted by atomic mass is 9.95. The fraction of sp³-hybridized carbons (Fsp3) is 0.364. The third-order valence-corrected chi connectivity index (χ3v) is 8.37. The van der Waals surface area contributed by atoms with Crippen molar-refractivity contribution >= 4 is 23.2 Å². The molecule has 11 heteroatoms. The summed E-state index contributed by atoms with van der Waals surface area (Å²) in [6.07, 6.45) is 0.359. The number of benzene rings is 2. The summed E-state index contributed by atoms with van der Waals surface area (Å²) < 4.78 is 41.9. The third-order valence-electron chi connectivity index (χ3n) is 8.37. The van der Waals surface area contributed by atoms with E-state index >= 15 is 0 Å². The predicted octanol–water partition coefficient (Wildman–Crippen LogP) is 6.20. The smallest absolute Gasteiger partial charge is 0.383 e. The van der Waals surface area contributed by atoms with Crippen LogP contribution in [-0.4, -0.2) is 59.9 Å². The van der Waals surface area contributed by atoms with Crippen LogP contribution in [0.4, 0.5) is 29.3 Å². The van der Waals surface area contributed by atoms with Crippen LogP contribution in [0.25, 0.3) is 11.1 Å². The van der Waals surface area contributed by atoms with Crippen molar-refractivity contribution in [3.63, 3.8) is 0 Å². The summed E-state index contributed by atoms with van der Waals surface area (Å²) in [4.78, 5) is 26.4. The zero-order valence-corrected chi connectivity index (χ0v) is 24.8. The maximum atomic E-state index is 14.0. The molecule has 2 fully saturated rings. The Labute approximate surface area is 254 Å². The molecule has 0 bridgehead atoms. The molecule has 0 spiro atoms. The molecular formula is C33H36F3N7O. The highest BCUT2D eigenvalue weighted by Crippen LogP contribution is 2.42. The summed E-state index contributed by atoms with van der Waals surface area (Å²) in [5, 5.41) is 5.28. The van der Waals surface area contributed by atoms with Gasteiger partial charge in [-0.25, -0.2) is 9.79 Å². The highest BCUT2D eigenvalue weighted by Gasteiger charge is 2.34. The lowest BCUT2D eigenvalue weighted by Crippen LogP contribution is -2.44. The Balaban J connectivity index is 1.17. The van der Waals surface area contributed by atoms with E-state index in [4.69, 9.17) is 10.7 Å². The van der Waals surface area contributed by atoms with Crippen molar-refractivity contribution in [3.8, 4) is 11.1 Å². The summed E-state index contributed by atoms with van der Waals surface area (Å²) in [5.41, 5.74) is 11.9. The van der Waals surface area contributed by atoms with Crippen molar-refractivity contribution < 1.29 is 18.0 Å². The second-order valence-corrected chi connectivity index (χ2v) is 11.8. The Morgan fingerprint density at radius 2 is 1.68 bits per heavy atom. The number of amides is 2. The lowest BCUT2D eigenvalue weighted by molar-refractivity contribution is -0.138. The van der Waals surface area contributed by atoms with Gasteiger partial charge in [-0.05, 0) is 73.8 Å². The fourth-order valence-electron chi connectivity index (χ4n) is 5.73. The molecule has 1 saturated carbocycles. The number of carbonyl (C=O) groups is 1. The molecule has 3 aromatic rings. The quantitative estimate of drug-likeness (QED) is 0.312. The first-order valence-electron chi connectivity index (χ1n) is 14.9. The van der Waals surface area contributed by atoms with Crippen LogP contribution in [0.5, 0.6) is 0 Å². The molecule has 1 saturated heterocycles. The van der Waals surface area contributed by atoms with Crippen molar-refractivity contribution in [1.29, 1.82) is 0 Å². The van der Waals surface area contributed by atoms with Gasteiger partial charge >= 0.3 is 12.2 Å². The molecule has 2 aromatic carbocycles. The lowest BCUT2D eigenvalue weighted by Gasteiger charge is -2.33. The van der Waals surface area contributed by atoms with Crippen molar-refractivity contribution in [2.45, 2.75) is 44.8 Å². The van der Waals surface area contributed by atoms with Crippen LogP contribution in [0.2, 0.25) is 0 Å². The third kappa shape index (κ3) is 6.79. The van der Waals surface area contributed by atoms with Crippen LogP contribution in [-0.2, 0) is 19.1 Å². The van der Waals surface area contributed by atoms with E-state index in [-0.39, 0.29) is 17.8 Å². The Hall–Kier alpha value is -4.22. The molecule has 3 aliphatic rings. The number of rotatable bonds is 6. The van der Waals surface area contributed by atoms with Gasteiger partial charge in [-0.3, -0.25) is 9.88 Å². The van der Waals surface area contributed by atoms with E-state index in [0.29, 0.717) is 37.0 Å². The number of fused-ring (bicyclic) bond motifs is 1. The maximum absolute atomic E-state index is 14.0. The molecule has 0 radical (unpaired) electrons. The van der Waals surface area contributed by atoms with Gasteiger partial charge in [0.05, 0.1) is 11.3 Å². The van der Waals surface area contributed by atoms with Crippen molar-refractivity contribution in [2.75, 3.05) is 43.9 Å². The Bertz CT molecular complexity index is 1620. The number of piperazine rings is 1. The van der Waals surface area contributed by atoms with Crippen molar-refractivity contribution in [2.24, 2.45) is 10.7 Å². The number of nitrogens with two attached hydrogens (primary N) is 1. The minimum absolute atomic E-state index is 0.0688. The number of aromatic nitrogens is 1. The van der Waals surface area contributed by atoms with Gasteiger partial charge in [-0.2, -0.15) is 13.2 Å². The van der Waals surface area contributed by atoms with Gasteiger partial charge in [-0.1, -0.05) is 24.3 Å². The number of hydrogen-bond acceptors (Lipinski definition) is 6. The second-order valence-electron chi connectivity index (χ2n) is 11.8. The summed E-state index contributed by atoms with van der Waals surface area (Å²) in [5.74, 6) is 0.874. The Morgan fingerprint density at radius 1 is 1.00 bits per heavy atom. The summed E-state index contributed by atoms with van der Waals surface area (Å²) in [6, 6.07) is 12.7. The monoisotopic (exact) mass is 603 g/mol. The number of amidine groups is 1. The predicted molar refractivity (Wildman–Crippen MR) is 167 cm³/mol. The molecule has 1 aliphatic carbocycles. The van der Waals surface area contributed by atoms with E-state index in [1.54, 1.807) is 12.1 Å². The van der Waals surface area contributed by atoms with Gasteiger partial charge in [-0.15, -0.1) is 0 Å². The number of hydrogen-bond donors (Lipinski definition) is 3. The van der Waals surface area contributed by atoms with Gasteiger partial charge < -0.3 is 21.3 Å².